The smallest absolute Gasteiger partial charge is 0.311 e. The van der Waals surface area contributed by atoms with Gasteiger partial charge in [0.15, 0.2) is 16.9 Å². The van der Waals surface area contributed by atoms with E-state index in [-0.39, 0.29) is 35.0 Å². The lowest BCUT2D eigenvalue weighted by Gasteiger charge is -2.28. The Bertz CT molecular complexity index is 1110. The fraction of sp³-hybridized carbons (Fsp3) is 0.238. The third-order valence-corrected chi connectivity index (χ3v) is 4.95. The van der Waals surface area contributed by atoms with Crippen LogP contribution in [-0.4, -0.2) is 16.2 Å². The van der Waals surface area contributed by atoms with Gasteiger partial charge in [0.2, 0.25) is 5.75 Å². The highest BCUT2D eigenvalue weighted by atomic mass is 16.5. The molecule has 3 aromatic rings. The lowest BCUT2D eigenvalue weighted by molar-refractivity contribution is -0.136. The highest BCUT2D eigenvalue weighted by Crippen LogP contribution is 2.52. The summed E-state index contributed by atoms with van der Waals surface area (Å²) in [4.78, 5) is 24.7. The molecule has 6 nitrogen and oxygen atoms in total. The molecule has 2 heterocycles. The van der Waals surface area contributed by atoms with Gasteiger partial charge < -0.3 is 19.4 Å². The van der Waals surface area contributed by atoms with Crippen molar-refractivity contribution in [1.82, 2.24) is 0 Å². The molecule has 0 bridgehead atoms. The van der Waals surface area contributed by atoms with Gasteiger partial charge in [-0.3, -0.25) is 9.59 Å². The summed E-state index contributed by atoms with van der Waals surface area (Å²) < 4.78 is 11.2. The molecule has 4 rings (SSSR count). The predicted molar refractivity (Wildman–Crippen MR) is 99.1 cm³/mol. The minimum Gasteiger partial charge on any atom is -0.504 e. The largest absolute Gasteiger partial charge is 0.504 e. The number of aromatic hydroxyl groups is 2. The van der Waals surface area contributed by atoms with Crippen molar-refractivity contribution in [2.24, 2.45) is 5.92 Å². The first-order chi connectivity index (χ1) is 12.9. The zero-order chi connectivity index (χ0) is 19.3. The van der Waals surface area contributed by atoms with E-state index in [9.17, 15) is 19.8 Å². The van der Waals surface area contributed by atoms with E-state index in [2.05, 4.69) is 0 Å². The molecule has 0 radical (unpaired) electrons. The number of phenols is 2. The average Bonchev–Trinajstić information content (AvgIpc) is 2.65. The van der Waals surface area contributed by atoms with Crippen molar-refractivity contribution in [3.8, 4) is 28.6 Å². The van der Waals surface area contributed by atoms with Gasteiger partial charge in [-0.2, -0.15) is 0 Å². The number of carbonyl (C=O) groups is 1. The standard InChI is InChI=1S/C21H18O6/c1-10(2)12-8-15(23)27-21-16(12)20-17(18(24)19(21)25)13(22)9-14(26-20)11-6-4-3-5-7-11/h3-7,9-10,12,24-25H,8H2,1-2H3/t12-/m1/s1. The van der Waals surface area contributed by atoms with Gasteiger partial charge >= 0.3 is 5.97 Å². The number of fused-ring (bicyclic) bond motifs is 3. The van der Waals surface area contributed by atoms with Crippen LogP contribution in [0, 0.1) is 5.92 Å². The van der Waals surface area contributed by atoms with Gasteiger partial charge in [0.1, 0.15) is 16.7 Å². The molecule has 1 aliphatic heterocycles. The van der Waals surface area contributed by atoms with Crippen LogP contribution >= 0.6 is 0 Å². The van der Waals surface area contributed by atoms with Crippen LogP contribution in [0.1, 0.15) is 31.7 Å². The molecular formula is C21H18O6. The third-order valence-electron chi connectivity index (χ3n) is 4.95. The first-order valence-corrected chi connectivity index (χ1v) is 8.70. The molecule has 1 atom stereocenters. The fourth-order valence-electron chi connectivity index (χ4n) is 3.55. The summed E-state index contributed by atoms with van der Waals surface area (Å²) in [7, 11) is 0. The molecule has 0 amide bonds. The van der Waals surface area contributed by atoms with E-state index in [0.717, 1.165) is 0 Å². The first kappa shape index (κ1) is 17.1. The summed E-state index contributed by atoms with van der Waals surface area (Å²) in [5.41, 5.74) is 0.791. The lowest BCUT2D eigenvalue weighted by Crippen LogP contribution is -2.24. The Hall–Kier alpha value is -3.28. The van der Waals surface area contributed by atoms with E-state index in [1.54, 1.807) is 12.1 Å². The number of phenolic OH excluding ortho intramolecular Hbond substituents is 2. The predicted octanol–water partition coefficient (Wildman–Crippen LogP) is 3.92. The topological polar surface area (TPSA) is 97.0 Å². The van der Waals surface area contributed by atoms with Crippen molar-refractivity contribution in [3.05, 3.63) is 52.2 Å². The summed E-state index contributed by atoms with van der Waals surface area (Å²) >= 11 is 0. The quantitative estimate of drug-likeness (QED) is 0.405. The van der Waals surface area contributed by atoms with Crippen LogP contribution in [0.4, 0.5) is 0 Å². The zero-order valence-electron chi connectivity index (χ0n) is 14.9. The molecule has 1 aliphatic rings. The number of hydrogen-bond acceptors (Lipinski definition) is 6. The van der Waals surface area contributed by atoms with Gasteiger partial charge in [0.05, 0.1) is 6.42 Å². The molecule has 0 spiro atoms. The molecular weight excluding hydrogens is 348 g/mol. The third kappa shape index (κ3) is 2.65. The van der Waals surface area contributed by atoms with Crippen LogP contribution in [0.3, 0.4) is 0 Å². The van der Waals surface area contributed by atoms with E-state index >= 15 is 0 Å². The van der Waals surface area contributed by atoms with Crippen LogP contribution in [0.2, 0.25) is 0 Å². The normalized spacial score (nSPS) is 16.4. The fourth-order valence-corrected chi connectivity index (χ4v) is 3.55. The molecule has 27 heavy (non-hydrogen) atoms. The molecule has 138 valence electrons. The Balaban J connectivity index is 2.13. The molecule has 0 saturated carbocycles. The Morgan fingerprint density at radius 3 is 2.44 bits per heavy atom. The maximum Gasteiger partial charge on any atom is 0.311 e. The summed E-state index contributed by atoms with van der Waals surface area (Å²) in [6.45, 7) is 3.86. The molecule has 2 aromatic carbocycles. The molecule has 0 saturated heterocycles. The summed E-state index contributed by atoms with van der Waals surface area (Å²) in [6.07, 6.45) is 0.100. The molecule has 0 aliphatic carbocycles. The second-order valence-electron chi connectivity index (χ2n) is 7.01. The molecule has 1 aromatic heterocycles. The van der Waals surface area contributed by atoms with Gasteiger partial charge in [-0.1, -0.05) is 44.2 Å². The van der Waals surface area contributed by atoms with Crippen LogP contribution in [0.5, 0.6) is 17.2 Å². The van der Waals surface area contributed by atoms with Crippen LogP contribution < -0.4 is 10.2 Å². The van der Waals surface area contributed by atoms with Crippen molar-refractivity contribution >= 4 is 16.9 Å². The van der Waals surface area contributed by atoms with Gasteiger partial charge in [-0.25, -0.2) is 0 Å². The van der Waals surface area contributed by atoms with E-state index in [4.69, 9.17) is 9.15 Å². The average molecular weight is 366 g/mol. The molecule has 6 heteroatoms. The van der Waals surface area contributed by atoms with Crippen molar-refractivity contribution in [2.75, 3.05) is 0 Å². The monoisotopic (exact) mass is 366 g/mol. The molecule has 0 unspecified atom stereocenters. The van der Waals surface area contributed by atoms with Crippen LogP contribution in [-0.2, 0) is 4.79 Å². The Morgan fingerprint density at radius 2 is 1.78 bits per heavy atom. The maximum absolute atomic E-state index is 12.7. The summed E-state index contributed by atoms with van der Waals surface area (Å²) in [6, 6.07) is 10.4. The number of esters is 1. The van der Waals surface area contributed by atoms with Gasteiger partial charge in [-0.15, -0.1) is 0 Å². The summed E-state index contributed by atoms with van der Waals surface area (Å²) in [5, 5.41) is 20.6. The van der Waals surface area contributed by atoms with Crippen molar-refractivity contribution in [1.29, 1.82) is 0 Å². The number of ether oxygens (including phenoxy) is 1. The summed E-state index contributed by atoms with van der Waals surface area (Å²) in [5.74, 6) is -1.86. The Labute approximate surface area is 154 Å². The van der Waals surface area contributed by atoms with Crippen molar-refractivity contribution in [3.63, 3.8) is 0 Å². The van der Waals surface area contributed by atoms with Crippen LogP contribution in [0.15, 0.2) is 45.6 Å². The van der Waals surface area contributed by atoms with Crippen molar-refractivity contribution < 1.29 is 24.2 Å². The molecule has 0 fully saturated rings. The second kappa shape index (κ2) is 6.16. The Morgan fingerprint density at radius 1 is 1.07 bits per heavy atom. The van der Waals surface area contributed by atoms with Gasteiger partial charge in [-0.05, 0) is 5.92 Å². The highest BCUT2D eigenvalue weighted by Gasteiger charge is 2.37. The van der Waals surface area contributed by atoms with E-state index in [0.29, 0.717) is 16.9 Å². The molecule has 2 N–H and O–H groups in total. The lowest BCUT2D eigenvalue weighted by atomic mass is 9.82. The number of benzene rings is 2. The van der Waals surface area contributed by atoms with Crippen LogP contribution in [0.25, 0.3) is 22.3 Å². The van der Waals surface area contributed by atoms with Gasteiger partial charge in [0.25, 0.3) is 0 Å². The maximum atomic E-state index is 12.7. The van der Waals surface area contributed by atoms with E-state index in [1.165, 1.54) is 6.07 Å². The number of hydrogen-bond donors (Lipinski definition) is 2. The van der Waals surface area contributed by atoms with Gasteiger partial charge in [0, 0.05) is 23.1 Å². The number of rotatable bonds is 2. The van der Waals surface area contributed by atoms with E-state index < -0.39 is 22.9 Å². The number of carbonyl (C=O) groups excluding carboxylic acids is 1. The minimum absolute atomic E-state index is 0.0226. The Kier molecular flexibility index (Phi) is 3.91. The highest BCUT2D eigenvalue weighted by molar-refractivity contribution is 5.95. The zero-order valence-corrected chi connectivity index (χ0v) is 14.9. The second-order valence-corrected chi connectivity index (χ2v) is 7.01. The van der Waals surface area contributed by atoms with Crippen molar-refractivity contribution in [2.45, 2.75) is 26.2 Å². The van der Waals surface area contributed by atoms with E-state index in [1.807, 2.05) is 32.0 Å². The first-order valence-electron chi connectivity index (χ1n) is 8.70. The SMILES string of the molecule is CC(C)[C@H]1CC(=O)Oc2c(O)c(O)c3c(=O)cc(-c4ccccc4)oc3c21. The minimum atomic E-state index is -0.644.